The van der Waals surface area contributed by atoms with Gasteiger partial charge in [0.2, 0.25) is 5.82 Å². The molecule has 0 bridgehead atoms. The normalized spacial score (nSPS) is 25.4. The van der Waals surface area contributed by atoms with Crippen LogP contribution in [-0.4, -0.2) is 38.8 Å². The summed E-state index contributed by atoms with van der Waals surface area (Å²) in [5, 5.41) is 6.98. The van der Waals surface area contributed by atoms with E-state index in [9.17, 15) is 26.3 Å². The molecule has 1 aromatic heterocycles. The molecule has 1 aromatic carbocycles. The number of hydrogen-bond donors (Lipinski definition) is 1. The summed E-state index contributed by atoms with van der Waals surface area (Å²) in [7, 11) is 0. The van der Waals surface area contributed by atoms with Crippen LogP contribution >= 0.6 is 0 Å². The second kappa shape index (κ2) is 7.52. The van der Waals surface area contributed by atoms with E-state index in [4.69, 9.17) is 5.73 Å². The number of hydrogen-bond acceptors (Lipinski definition) is 4. The van der Waals surface area contributed by atoms with Crippen molar-refractivity contribution in [2.24, 2.45) is 5.73 Å². The van der Waals surface area contributed by atoms with Crippen molar-refractivity contribution < 1.29 is 26.3 Å². The highest BCUT2D eigenvalue weighted by molar-refractivity contribution is 5.30. The number of benzene rings is 1. The fraction of sp³-hybridized carbons (Fsp3) is 0.579. The first-order valence-corrected chi connectivity index (χ1v) is 9.73. The Morgan fingerprint density at radius 1 is 1.00 bits per heavy atom. The number of halogens is 6. The number of fused-ring (bicyclic) bond motifs is 1. The van der Waals surface area contributed by atoms with Crippen LogP contribution < -0.4 is 5.73 Å². The molecule has 11 heteroatoms. The Kier molecular flexibility index (Phi) is 5.29. The van der Waals surface area contributed by atoms with Crippen molar-refractivity contribution in [2.75, 3.05) is 13.1 Å². The van der Waals surface area contributed by atoms with Crippen LogP contribution in [-0.2, 0) is 24.7 Å². The minimum absolute atomic E-state index is 0.0535. The average molecular weight is 433 g/mol. The molecule has 2 heterocycles. The van der Waals surface area contributed by atoms with Gasteiger partial charge in [0.1, 0.15) is 11.6 Å². The lowest BCUT2D eigenvalue weighted by molar-refractivity contribution is -0.148. The van der Waals surface area contributed by atoms with Gasteiger partial charge < -0.3 is 10.3 Å². The second-order valence-electron chi connectivity index (χ2n) is 8.02. The highest BCUT2D eigenvalue weighted by Crippen LogP contribution is 2.42. The fourth-order valence-corrected chi connectivity index (χ4v) is 4.73. The Balaban J connectivity index is 1.48. The van der Waals surface area contributed by atoms with Crippen LogP contribution in [0.25, 0.3) is 0 Å². The van der Waals surface area contributed by atoms with Gasteiger partial charge in [-0.05, 0) is 37.3 Å². The summed E-state index contributed by atoms with van der Waals surface area (Å²) in [5.41, 5.74) is 5.22. The molecule has 0 radical (unpaired) electrons. The van der Waals surface area contributed by atoms with Crippen molar-refractivity contribution in [1.29, 1.82) is 0 Å². The fourth-order valence-electron chi connectivity index (χ4n) is 4.73. The predicted molar refractivity (Wildman–Crippen MR) is 94.7 cm³/mol. The van der Waals surface area contributed by atoms with Crippen LogP contribution in [0.2, 0.25) is 0 Å². The number of alkyl halides is 3. The van der Waals surface area contributed by atoms with Crippen LogP contribution in [0, 0.1) is 17.5 Å². The van der Waals surface area contributed by atoms with Crippen molar-refractivity contribution in [1.82, 2.24) is 19.7 Å². The molecule has 0 spiro atoms. The zero-order valence-electron chi connectivity index (χ0n) is 16.0. The van der Waals surface area contributed by atoms with Gasteiger partial charge in [0.15, 0.2) is 11.6 Å². The molecule has 2 N–H and O–H groups in total. The monoisotopic (exact) mass is 433 g/mol. The van der Waals surface area contributed by atoms with Gasteiger partial charge >= 0.3 is 6.18 Å². The Morgan fingerprint density at radius 3 is 2.30 bits per heavy atom. The molecule has 1 fully saturated rings. The average Bonchev–Trinajstić information content (AvgIpc) is 3.14. The second-order valence-corrected chi connectivity index (χ2v) is 8.02. The van der Waals surface area contributed by atoms with Gasteiger partial charge in [-0.25, -0.2) is 13.2 Å². The first-order valence-electron chi connectivity index (χ1n) is 9.73. The number of nitrogens with zero attached hydrogens (tertiary/aromatic N) is 4. The van der Waals surface area contributed by atoms with Gasteiger partial charge in [0, 0.05) is 37.2 Å². The lowest BCUT2D eigenvalue weighted by Crippen LogP contribution is -2.48. The van der Waals surface area contributed by atoms with E-state index in [2.05, 4.69) is 10.2 Å². The summed E-state index contributed by atoms with van der Waals surface area (Å²) in [6, 6.07) is 1.49. The first-order chi connectivity index (χ1) is 14.1. The predicted octanol–water partition coefficient (Wildman–Crippen LogP) is 3.37. The van der Waals surface area contributed by atoms with E-state index >= 15 is 0 Å². The minimum Gasteiger partial charge on any atom is -0.330 e. The molecule has 1 saturated carbocycles. The third kappa shape index (κ3) is 3.58. The molecular formula is C19H21F6N5. The first kappa shape index (κ1) is 21.1. The summed E-state index contributed by atoms with van der Waals surface area (Å²) in [5.74, 6) is -3.90. The molecular weight excluding hydrogens is 412 g/mol. The zero-order chi connectivity index (χ0) is 21.7. The molecule has 1 aliphatic heterocycles. The lowest BCUT2D eigenvalue weighted by atomic mass is 9.67. The van der Waals surface area contributed by atoms with Gasteiger partial charge in [-0.1, -0.05) is 0 Å². The molecule has 2 aromatic rings. The highest BCUT2D eigenvalue weighted by Gasteiger charge is 2.42. The summed E-state index contributed by atoms with van der Waals surface area (Å²) in [6.07, 6.45) is -2.40. The Hall–Kier alpha value is -2.14. The summed E-state index contributed by atoms with van der Waals surface area (Å²) in [4.78, 5) is 2.05. The number of nitrogens with two attached hydrogens (primary N) is 1. The van der Waals surface area contributed by atoms with Crippen molar-refractivity contribution in [3.8, 4) is 0 Å². The third-order valence-electron chi connectivity index (χ3n) is 6.44. The largest absolute Gasteiger partial charge is 0.451 e. The van der Waals surface area contributed by atoms with Crippen molar-refractivity contribution in [3.63, 3.8) is 0 Å². The zero-order valence-corrected chi connectivity index (χ0v) is 16.0. The maximum Gasteiger partial charge on any atom is 0.451 e. The summed E-state index contributed by atoms with van der Waals surface area (Å²) >= 11 is 0. The smallest absolute Gasteiger partial charge is 0.330 e. The Labute approximate surface area is 168 Å². The molecule has 1 aliphatic carbocycles. The van der Waals surface area contributed by atoms with Crippen LogP contribution in [0.3, 0.4) is 0 Å². The van der Waals surface area contributed by atoms with E-state index in [1.54, 1.807) is 0 Å². The van der Waals surface area contributed by atoms with Gasteiger partial charge in [0.05, 0.1) is 6.54 Å². The Morgan fingerprint density at radius 2 is 1.67 bits per heavy atom. The van der Waals surface area contributed by atoms with Gasteiger partial charge in [-0.2, -0.15) is 13.2 Å². The maximum absolute atomic E-state index is 14.4. The minimum atomic E-state index is -4.55. The van der Waals surface area contributed by atoms with Crippen molar-refractivity contribution in [2.45, 2.75) is 56.4 Å². The molecule has 0 unspecified atom stereocenters. The molecule has 5 nitrogen and oxygen atoms in total. The number of aromatic nitrogens is 3. The van der Waals surface area contributed by atoms with Gasteiger partial charge in [0.25, 0.3) is 0 Å². The summed E-state index contributed by atoms with van der Waals surface area (Å²) in [6.45, 7) is 0.870. The molecule has 4 rings (SSSR count). The van der Waals surface area contributed by atoms with Crippen molar-refractivity contribution in [3.05, 3.63) is 46.8 Å². The van der Waals surface area contributed by atoms with Crippen LogP contribution in [0.4, 0.5) is 26.3 Å². The molecule has 164 valence electrons. The van der Waals surface area contributed by atoms with E-state index in [-0.39, 0.29) is 37.1 Å². The summed E-state index contributed by atoms with van der Waals surface area (Å²) < 4.78 is 81.5. The van der Waals surface area contributed by atoms with Crippen LogP contribution in [0.1, 0.15) is 42.9 Å². The van der Waals surface area contributed by atoms with Gasteiger partial charge in [-0.3, -0.25) is 4.90 Å². The third-order valence-corrected chi connectivity index (χ3v) is 6.44. The Bertz CT molecular complexity index is 932. The van der Waals surface area contributed by atoms with E-state index in [1.165, 1.54) is 0 Å². The quantitative estimate of drug-likeness (QED) is 0.596. The van der Waals surface area contributed by atoms with E-state index < -0.39 is 34.9 Å². The maximum atomic E-state index is 14.4. The standard InChI is InChI=1S/C19H21F6N5/c20-13-8-15(22)14(21)7-12(13)18(10-26)3-1-11(2-4-18)29-5-6-30-16(9-29)27-28-17(30)19(23,24)25/h7-8,11H,1-6,9-10,26H2. The lowest BCUT2D eigenvalue weighted by Gasteiger charge is -2.44. The van der Waals surface area contributed by atoms with E-state index in [0.717, 1.165) is 10.6 Å². The SMILES string of the molecule is NCC1(c2cc(F)c(F)cc2F)CCC(N2CCn3c(nnc3C(F)(F)F)C2)CC1. The molecule has 30 heavy (non-hydrogen) atoms. The topological polar surface area (TPSA) is 60.0 Å². The van der Waals surface area contributed by atoms with E-state index in [1.807, 2.05) is 4.90 Å². The van der Waals surface area contributed by atoms with E-state index in [0.29, 0.717) is 38.3 Å². The van der Waals surface area contributed by atoms with Crippen LogP contribution in [0.15, 0.2) is 12.1 Å². The highest BCUT2D eigenvalue weighted by atomic mass is 19.4. The molecule has 2 aliphatic rings. The number of rotatable bonds is 3. The molecule has 0 amide bonds. The molecule has 0 saturated heterocycles. The molecule has 0 atom stereocenters. The van der Waals surface area contributed by atoms with Gasteiger partial charge in [-0.15, -0.1) is 10.2 Å². The van der Waals surface area contributed by atoms with Crippen LogP contribution in [0.5, 0.6) is 0 Å². The van der Waals surface area contributed by atoms with Crippen molar-refractivity contribution >= 4 is 0 Å².